The van der Waals surface area contributed by atoms with Crippen LogP contribution in [0.15, 0.2) is 0 Å². The molecule has 96 valence electrons. The summed E-state index contributed by atoms with van der Waals surface area (Å²) in [5.41, 5.74) is 0.0420. The smallest absolute Gasteiger partial charge is 0.315 e. The predicted octanol–water partition coefficient (Wildman–Crippen LogP) is 2.45. The number of rotatable bonds is 6. The molecule has 1 aliphatic heterocycles. The summed E-state index contributed by atoms with van der Waals surface area (Å²) in [5.74, 6) is 0. The fraction of sp³-hybridized carbons (Fsp3) is 1.00. The lowest BCUT2D eigenvalue weighted by atomic mass is 9.92. The van der Waals surface area contributed by atoms with Crippen molar-refractivity contribution in [2.75, 3.05) is 19.6 Å². The lowest BCUT2D eigenvalue weighted by Crippen LogP contribution is -2.48. The first-order valence-electron chi connectivity index (χ1n) is 6.00. The third-order valence-electron chi connectivity index (χ3n) is 3.11. The van der Waals surface area contributed by atoms with E-state index < -0.39 is 12.6 Å². The minimum atomic E-state index is -4.05. The summed E-state index contributed by atoms with van der Waals surface area (Å²) in [6, 6.07) is 0. The predicted molar refractivity (Wildman–Crippen MR) is 58.4 cm³/mol. The normalized spacial score (nSPS) is 26.2. The topological polar surface area (TPSA) is 24.1 Å². The van der Waals surface area contributed by atoms with E-state index in [0.29, 0.717) is 6.54 Å². The van der Waals surface area contributed by atoms with Crippen LogP contribution in [0.25, 0.3) is 0 Å². The van der Waals surface area contributed by atoms with Crippen molar-refractivity contribution >= 4 is 0 Å². The molecule has 0 aromatic carbocycles. The lowest BCUT2D eigenvalue weighted by molar-refractivity contribution is -0.133. The van der Waals surface area contributed by atoms with Crippen molar-refractivity contribution in [2.45, 2.75) is 50.7 Å². The quantitative estimate of drug-likeness (QED) is 0.695. The molecule has 0 saturated carbocycles. The van der Waals surface area contributed by atoms with Crippen molar-refractivity contribution in [1.29, 1.82) is 0 Å². The van der Waals surface area contributed by atoms with E-state index in [1.54, 1.807) is 0 Å². The van der Waals surface area contributed by atoms with Crippen molar-refractivity contribution in [3.05, 3.63) is 0 Å². The maximum Gasteiger partial charge on any atom is 0.390 e. The van der Waals surface area contributed by atoms with Crippen molar-refractivity contribution in [2.24, 2.45) is 0 Å². The molecule has 1 fully saturated rings. The van der Waals surface area contributed by atoms with Crippen molar-refractivity contribution in [3.8, 4) is 0 Å². The highest BCUT2D eigenvalue weighted by Gasteiger charge is 2.32. The molecule has 1 unspecified atom stereocenters. The molecule has 1 aliphatic rings. The molecule has 0 radical (unpaired) electrons. The van der Waals surface area contributed by atoms with Gasteiger partial charge in [-0.1, -0.05) is 13.3 Å². The van der Waals surface area contributed by atoms with E-state index in [4.69, 9.17) is 0 Å². The molecule has 1 saturated heterocycles. The maximum absolute atomic E-state index is 11.9. The molecule has 0 bridgehead atoms. The van der Waals surface area contributed by atoms with Gasteiger partial charge in [-0.2, -0.15) is 13.2 Å². The Morgan fingerprint density at radius 3 is 2.62 bits per heavy atom. The molecule has 2 nitrogen and oxygen atoms in total. The van der Waals surface area contributed by atoms with E-state index in [1.807, 2.05) is 0 Å². The molecule has 0 amide bonds. The summed E-state index contributed by atoms with van der Waals surface area (Å²) in [5, 5.41) is 6.35. The molecule has 0 spiro atoms. The van der Waals surface area contributed by atoms with Crippen molar-refractivity contribution in [1.82, 2.24) is 10.6 Å². The molecular weight excluding hydrogens is 217 g/mol. The van der Waals surface area contributed by atoms with Crippen LogP contribution < -0.4 is 10.6 Å². The van der Waals surface area contributed by atoms with Gasteiger partial charge in [0.05, 0.1) is 6.42 Å². The van der Waals surface area contributed by atoms with Crippen LogP contribution in [0, 0.1) is 0 Å². The molecule has 16 heavy (non-hydrogen) atoms. The second kappa shape index (κ2) is 5.87. The number of halogens is 3. The molecular formula is C11H21F3N2. The Labute approximate surface area is 95.0 Å². The third kappa shape index (κ3) is 4.70. The van der Waals surface area contributed by atoms with E-state index >= 15 is 0 Å². The fourth-order valence-electron chi connectivity index (χ4n) is 2.36. The average molecular weight is 238 g/mol. The molecule has 0 aromatic rings. The number of alkyl halides is 3. The average Bonchev–Trinajstić information content (AvgIpc) is 2.61. The van der Waals surface area contributed by atoms with Gasteiger partial charge in [0.2, 0.25) is 0 Å². The first kappa shape index (κ1) is 13.8. The number of hydrogen-bond acceptors (Lipinski definition) is 2. The van der Waals surface area contributed by atoms with Gasteiger partial charge in [-0.25, -0.2) is 0 Å². The zero-order valence-corrected chi connectivity index (χ0v) is 9.79. The Bertz CT molecular complexity index is 198. The molecule has 1 heterocycles. The maximum atomic E-state index is 11.9. The summed E-state index contributed by atoms with van der Waals surface area (Å²) in [6.07, 6.45) is -0.496. The minimum absolute atomic E-state index is 0.0244. The van der Waals surface area contributed by atoms with E-state index in [-0.39, 0.29) is 12.1 Å². The Hall–Kier alpha value is -0.290. The highest BCUT2D eigenvalue weighted by Crippen LogP contribution is 2.24. The van der Waals surface area contributed by atoms with Crippen LogP contribution in [0.3, 0.4) is 0 Å². The van der Waals surface area contributed by atoms with Gasteiger partial charge >= 0.3 is 6.18 Å². The largest absolute Gasteiger partial charge is 0.390 e. The minimum Gasteiger partial charge on any atom is -0.315 e. The van der Waals surface area contributed by atoms with Crippen molar-refractivity contribution in [3.63, 3.8) is 0 Å². The van der Waals surface area contributed by atoms with Gasteiger partial charge in [0.15, 0.2) is 0 Å². The van der Waals surface area contributed by atoms with Crippen LogP contribution >= 0.6 is 0 Å². The summed E-state index contributed by atoms with van der Waals surface area (Å²) in [6.45, 7) is 3.77. The summed E-state index contributed by atoms with van der Waals surface area (Å²) >= 11 is 0. The van der Waals surface area contributed by atoms with Crippen LogP contribution in [-0.2, 0) is 0 Å². The second-order valence-electron chi connectivity index (χ2n) is 4.60. The Balaban J connectivity index is 2.23. The van der Waals surface area contributed by atoms with Gasteiger partial charge < -0.3 is 10.6 Å². The Kier molecular flexibility index (Phi) is 5.05. The molecule has 2 N–H and O–H groups in total. The third-order valence-corrected chi connectivity index (χ3v) is 3.11. The zero-order valence-electron chi connectivity index (χ0n) is 9.79. The highest BCUT2D eigenvalue weighted by molar-refractivity contribution is 4.94. The van der Waals surface area contributed by atoms with Crippen LogP contribution in [0.4, 0.5) is 13.2 Å². The monoisotopic (exact) mass is 238 g/mol. The number of nitrogens with one attached hydrogen (secondary N) is 2. The van der Waals surface area contributed by atoms with Crippen LogP contribution in [0.1, 0.15) is 39.0 Å². The van der Waals surface area contributed by atoms with E-state index in [1.165, 1.54) is 0 Å². The van der Waals surface area contributed by atoms with Gasteiger partial charge in [-0.05, 0) is 25.8 Å². The summed E-state index contributed by atoms with van der Waals surface area (Å²) in [7, 11) is 0. The van der Waals surface area contributed by atoms with Gasteiger partial charge in [0.25, 0.3) is 0 Å². The lowest BCUT2D eigenvalue weighted by Gasteiger charge is -2.29. The molecule has 0 aliphatic carbocycles. The standard InChI is InChI=1S/C11H21F3N2/c1-2-4-10(5-3-7-16-10)9-15-8-6-11(12,13)14/h15-16H,2-9H2,1H3. The molecule has 1 rings (SSSR count). The Morgan fingerprint density at radius 1 is 1.38 bits per heavy atom. The first-order valence-corrected chi connectivity index (χ1v) is 6.00. The van der Waals surface area contributed by atoms with E-state index in [0.717, 1.165) is 32.2 Å². The first-order chi connectivity index (χ1) is 7.47. The van der Waals surface area contributed by atoms with Crippen molar-refractivity contribution < 1.29 is 13.2 Å². The SMILES string of the molecule is CCCC1(CNCCC(F)(F)F)CCCN1. The molecule has 5 heteroatoms. The van der Waals surface area contributed by atoms with Gasteiger partial charge in [-0.15, -0.1) is 0 Å². The summed E-state index contributed by atoms with van der Waals surface area (Å²) in [4.78, 5) is 0. The van der Waals surface area contributed by atoms with E-state index in [9.17, 15) is 13.2 Å². The van der Waals surface area contributed by atoms with Crippen LogP contribution in [0.2, 0.25) is 0 Å². The molecule has 0 aromatic heterocycles. The summed E-state index contributed by atoms with van der Waals surface area (Å²) < 4.78 is 35.8. The Morgan fingerprint density at radius 2 is 2.12 bits per heavy atom. The highest BCUT2D eigenvalue weighted by atomic mass is 19.4. The van der Waals surface area contributed by atoms with Crippen LogP contribution in [-0.4, -0.2) is 31.3 Å². The molecule has 1 atom stereocenters. The van der Waals surface area contributed by atoms with Gasteiger partial charge in [-0.3, -0.25) is 0 Å². The fourth-order valence-corrected chi connectivity index (χ4v) is 2.36. The van der Waals surface area contributed by atoms with Gasteiger partial charge in [0, 0.05) is 18.6 Å². The van der Waals surface area contributed by atoms with E-state index in [2.05, 4.69) is 17.6 Å². The zero-order chi connectivity index (χ0) is 12.1. The van der Waals surface area contributed by atoms with Crippen LogP contribution in [0.5, 0.6) is 0 Å². The second-order valence-corrected chi connectivity index (χ2v) is 4.60. The van der Waals surface area contributed by atoms with Gasteiger partial charge in [0.1, 0.15) is 0 Å². The number of hydrogen-bond donors (Lipinski definition) is 2.